The van der Waals surface area contributed by atoms with E-state index in [1.807, 2.05) is 22.6 Å². The quantitative estimate of drug-likeness (QED) is 0.515. The van der Waals surface area contributed by atoms with Gasteiger partial charge in [-0.25, -0.2) is 8.78 Å². The highest BCUT2D eigenvalue weighted by Crippen LogP contribution is 2.16. The lowest BCUT2D eigenvalue weighted by molar-refractivity contribution is -0.127. The number of alkyl halides is 3. The average Bonchev–Trinajstić information content (AvgIpc) is 2.31. The van der Waals surface area contributed by atoms with Gasteiger partial charge in [-0.2, -0.15) is 0 Å². The van der Waals surface area contributed by atoms with Crippen LogP contribution in [-0.2, 0) is 4.79 Å². The van der Waals surface area contributed by atoms with Crippen molar-refractivity contribution in [3.63, 3.8) is 0 Å². The van der Waals surface area contributed by atoms with Crippen molar-refractivity contribution in [2.45, 2.75) is 12.3 Å². The molecule has 1 saturated heterocycles. The largest absolute Gasteiger partial charge is 0.336 e. The molecule has 64 valence electrons. The van der Waals surface area contributed by atoms with Crippen molar-refractivity contribution < 1.29 is 13.6 Å². The molecular weight excluding hydrogens is 267 g/mol. The van der Waals surface area contributed by atoms with Crippen LogP contribution in [-0.4, -0.2) is 40.7 Å². The van der Waals surface area contributed by atoms with E-state index < -0.39 is 12.3 Å². The van der Waals surface area contributed by atoms with Gasteiger partial charge in [0, 0.05) is 0 Å². The van der Waals surface area contributed by atoms with Crippen LogP contribution in [0, 0.1) is 0 Å². The molecule has 1 rings (SSSR count). The molecule has 0 radical (unpaired) electrons. The van der Waals surface area contributed by atoms with Crippen LogP contribution in [0.3, 0.4) is 0 Å². The standard InChI is InChI=1S/C6H8F2INO/c7-4-2-10(3-5(4)8)6(11)1-9/h4-5H,1-3H2/t4-,5?/m1/s1. The Bertz CT molecular complexity index is 157. The third-order valence-electron chi connectivity index (χ3n) is 1.65. The number of halogens is 3. The summed E-state index contributed by atoms with van der Waals surface area (Å²) >= 11 is 1.88. The zero-order chi connectivity index (χ0) is 8.43. The fourth-order valence-electron chi connectivity index (χ4n) is 1.01. The van der Waals surface area contributed by atoms with Crippen molar-refractivity contribution in [1.29, 1.82) is 0 Å². The summed E-state index contributed by atoms with van der Waals surface area (Å²) in [5, 5.41) is 0. The van der Waals surface area contributed by atoms with Gasteiger partial charge in [-0.3, -0.25) is 4.79 Å². The van der Waals surface area contributed by atoms with Crippen molar-refractivity contribution in [2.24, 2.45) is 0 Å². The number of rotatable bonds is 1. The summed E-state index contributed by atoms with van der Waals surface area (Å²) in [5.41, 5.74) is 0. The molecule has 2 atom stereocenters. The van der Waals surface area contributed by atoms with E-state index in [1.165, 1.54) is 4.90 Å². The van der Waals surface area contributed by atoms with E-state index in [0.29, 0.717) is 0 Å². The molecule has 1 aliphatic heterocycles. The molecule has 1 unspecified atom stereocenters. The fourth-order valence-corrected chi connectivity index (χ4v) is 1.49. The minimum Gasteiger partial charge on any atom is -0.336 e. The van der Waals surface area contributed by atoms with E-state index in [2.05, 4.69) is 0 Å². The molecule has 0 aliphatic carbocycles. The number of carbonyl (C=O) groups is 1. The highest BCUT2D eigenvalue weighted by molar-refractivity contribution is 14.1. The van der Waals surface area contributed by atoms with Crippen molar-refractivity contribution >= 4 is 28.5 Å². The topological polar surface area (TPSA) is 20.3 Å². The first-order valence-corrected chi connectivity index (χ1v) is 4.79. The van der Waals surface area contributed by atoms with E-state index >= 15 is 0 Å². The Morgan fingerprint density at radius 3 is 2.27 bits per heavy atom. The molecule has 1 fully saturated rings. The van der Waals surface area contributed by atoms with Crippen molar-refractivity contribution in [1.82, 2.24) is 4.90 Å². The van der Waals surface area contributed by atoms with Gasteiger partial charge in [-0.05, 0) is 0 Å². The maximum absolute atomic E-state index is 12.5. The third kappa shape index (κ3) is 2.00. The zero-order valence-corrected chi connectivity index (χ0v) is 7.92. The highest BCUT2D eigenvalue weighted by Gasteiger charge is 2.34. The fraction of sp³-hybridized carbons (Fsp3) is 0.833. The normalized spacial score (nSPS) is 31.0. The Kier molecular flexibility index (Phi) is 3.03. The number of hydrogen-bond donors (Lipinski definition) is 0. The molecule has 0 saturated carbocycles. The van der Waals surface area contributed by atoms with Crippen molar-refractivity contribution in [3.05, 3.63) is 0 Å². The molecule has 0 aromatic rings. The predicted octanol–water partition coefficient (Wildman–Crippen LogP) is 0.940. The molecule has 1 amide bonds. The Morgan fingerprint density at radius 1 is 1.45 bits per heavy atom. The van der Waals surface area contributed by atoms with E-state index in [-0.39, 0.29) is 23.4 Å². The second kappa shape index (κ2) is 3.64. The minimum atomic E-state index is -1.48. The van der Waals surface area contributed by atoms with Gasteiger partial charge in [-0.15, -0.1) is 0 Å². The summed E-state index contributed by atoms with van der Waals surface area (Å²) in [6, 6.07) is 0. The van der Waals surface area contributed by atoms with Crippen LogP contribution in [0.2, 0.25) is 0 Å². The molecule has 0 bridgehead atoms. The van der Waals surface area contributed by atoms with Crippen molar-refractivity contribution in [3.8, 4) is 0 Å². The first-order valence-electron chi connectivity index (χ1n) is 3.27. The van der Waals surface area contributed by atoms with Crippen LogP contribution in [0.1, 0.15) is 0 Å². The van der Waals surface area contributed by atoms with E-state index in [4.69, 9.17) is 0 Å². The molecule has 11 heavy (non-hydrogen) atoms. The van der Waals surface area contributed by atoms with Crippen LogP contribution in [0.15, 0.2) is 0 Å². The van der Waals surface area contributed by atoms with Gasteiger partial charge in [-0.1, -0.05) is 22.6 Å². The van der Waals surface area contributed by atoms with E-state index in [0.717, 1.165) is 0 Å². The zero-order valence-electron chi connectivity index (χ0n) is 5.77. The summed E-state index contributed by atoms with van der Waals surface area (Å²) in [6.45, 7) is -0.161. The van der Waals surface area contributed by atoms with Gasteiger partial charge >= 0.3 is 0 Å². The Morgan fingerprint density at radius 2 is 1.91 bits per heavy atom. The molecule has 0 aromatic carbocycles. The van der Waals surface area contributed by atoms with E-state index in [1.54, 1.807) is 0 Å². The number of hydrogen-bond acceptors (Lipinski definition) is 1. The maximum Gasteiger partial charge on any atom is 0.232 e. The summed E-state index contributed by atoms with van der Waals surface area (Å²) in [7, 11) is 0. The molecular formula is C6H8F2INO. The second-order valence-corrected chi connectivity index (χ2v) is 3.23. The summed E-state index contributed by atoms with van der Waals surface area (Å²) in [5.74, 6) is -0.187. The molecule has 1 heterocycles. The number of likely N-dealkylation sites (tertiary alicyclic amines) is 1. The number of carbonyl (C=O) groups excluding carboxylic acids is 1. The van der Waals surface area contributed by atoms with Crippen LogP contribution in [0.4, 0.5) is 8.78 Å². The maximum atomic E-state index is 12.5. The molecule has 0 aromatic heterocycles. The molecule has 0 spiro atoms. The first-order chi connectivity index (χ1) is 5.15. The Hall–Kier alpha value is 0.0600. The Balaban J connectivity index is 2.46. The lowest BCUT2D eigenvalue weighted by atomic mass is 10.3. The number of amides is 1. The molecule has 2 nitrogen and oxygen atoms in total. The summed E-state index contributed by atoms with van der Waals surface area (Å²) in [4.78, 5) is 12.1. The van der Waals surface area contributed by atoms with Crippen LogP contribution in [0.25, 0.3) is 0 Å². The summed E-state index contributed by atoms with van der Waals surface area (Å²) in [6.07, 6.45) is -2.97. The molecule has 5 heteroatoms. The average molecular weight is 275 g/mol. The highest BCUT2D eigenvalue weighted by atomic mass is 127. The smallest absolute Gasteiger partial charge is 0.232 e. The van der Waals surface area contributed by atoms with Gasteiger partial charge in [0.2, 0.25) is 5.91 Å². The monoisotopic (exact) mass is 275 g/mol. The van der Waals surface area contributed by atoms with Gasteiger partial charge < -0.3 is 4.90 Å². The first kappa shape index (κ1) is 9.15. The van der Waals surface area contributed by atoms with Crippen LogP contribution in [0.5, 0.6) is 0 Å². The summed E-state index contributed by atoms with van der Waals surface area (Å²) < 4.78 is 25.3. The van der Waals surface area contributed by atoms with Gasteiger partial charge in [0.05, 0.1) is 17.5 Å². The number of nitrogens with zero attached hydrogens (tertiary/aromatic N) is 1. The van der Waals surface area contributed by atoms with Crippen LogP contribution >= 0.6 is 22.6 Å². The predicted molar refractivity (Wildman–Crippen MR) is 45.3 cm³/mol. The van der Waals surface area contributed by atoms with Crippen LogP contribution < -0.4 is 0 Å². The van der Waals surface area contributed by atoms with Crippen molar-refractivity contribution in [2.75, 3.05) is 17.5 Å². The van der Waals surface area contributed by atoms with E-state index in [9.17, 15) is 13.6 Å². The van der Waals surface area contributed by atoms with Gasteiger partial charge in [0.15, 0.2) is 12.3 Å². The molecule has 0 N–H and O–H groups in total. The lowest BCUT2D eigenvalue weighted by Crippen LogP contribution is -2.29. The Labute approximate surface area is 77.1 Å². The second-order valence-electron chi connectivity index (χ2n) is 2.46. The minimum absolute atomic E-state index is 0.0804. The molecule has 1 aliphatic rings. The van der Waals surface area contributed by atoms with Gasteiger partial charge in [0.1, 0.15) is 0 Å². The third-order valence-corrected chi connectivity index (χ3v) is 2.30. The SMILES string of the molecule is O=C(CI)N1CC(F)[C@H](F)C1. The van der Waals surface area contributed by atoms with Gasteiger partial charge in [0.25, 0.3) is 0 Å². The lowest BCUT2D eigenvalue weighted by Gasteiger charge is -2.11.